The monoisotopic (exact) mass is 407 g/mol. The van der Waals surface area contributed by atoms with Crippen molar-refractivity contribution in [2.75, 3.05) is 19.7 Å². The van der Waals surface area contributed by atoms with E-state index in [4.69, 9.17) is 16.3 Å². The lowest BCUT2D eigenvalue weighted by atomic mass is 9.98. The molecule has 1 spiro atoms. The topological polar surface area (TPSA) is 105 Å². The summed E-state index contributed by atoms with van der Waals surface area (Å²) < 4.78 is 4.89. The smallest absolute Gasteiger partial charge is 0.326 e. The van der Waals surface area contributed by atoms with Crippen LogP contribution < -0.4 is 10.6 Å². The maximum Gasteiger partial charge on any atom is 0.326 e. The second-order valence-corrected chi connectivity index (χ2v) is 7.44. The molecule has 0 bridgehead atoms. The zero-order valence-corrected chi connectivity index (χ0v) is 16.1. The van der Waals surface area contributed by atoms with Crippen molar-refractivity contribution in [3.63, 3.8) is 0 Å². The van der Waals surface area contributed by atoms with Crippen LogP contribution in [0.25, 0.3) is 0 Å². The molecule has 1 heterocycles. The number of esters is 1. The highest BCUT2D eigenvalue weighted by Gasteiger charge is 2.52. The molecule has 1 saturated carbocycles. The van der Waals surface area contributed by atoms with Gasteiger partial charge < -0.3 is 15.4 Å². The number of carbonyl (C=O) groups excluding carboxylic acids is 4. The Balaban J connectivity index is 1.38. The van der Waals surface area contributed by atoms with Crippen LogP contribution in [0, 0.1) is 0 Å². The highest BCUT2D eigenvalue weighted by Crippen LogP contribution is 2.34. The average Bonchev–Trinajstić information content (AvgIpc) is 3.21. The van der Waals surface area contributed by atoms with Crippen molar-refractivity contribution in [1.82, 2.24) is 15.5 Å². The van der Waals surface area contributed by atoms with Crippen LogP contribution in [-0.4, -0.2) is 54.0 Å². The molecule has 2 aliphatic rings. The maximum absolute atomic E-state index is 12.5. The first-order valence-corrected chi connectivity index (χ1v) is 9.58. The third kappa shape index (κ3) is 4.62. The van der Waals surface area contributed by atoms with Crippen LogP contribution in [0.4, 0.5) is 4.79 Å². The first-order valence-electron chi connectivity index (χ1n) is 9.20. The van der Waals surface area contributed by atoms with Crippen molar-refractivity contribution in [1.29, 1.82) is 0 Å². The van der Waals surface area contributed by atoms with E-state index in [-0.39, 0.29) is 0 Å². The number of hydrogen-bond acceptors (Lipinski definition) is 5. The number of amides is 4. The molecule has 28 heavy (non-hydrogen) atoms. The van der Waals surface area contributed by atoms with Gasteiger partial charge in [-0.15, -0.1) is 0 Å². The van der Waals surface area contributed by atoms with Gasteiger partial charge in [-0.1, -0.05) is 36.6 Å². The number of nitrogens with one attached hydrogen (secondary N) is 2. The summed E-state index contributed by atoms with van der Waals surface area (Å²) in [7, 11) is 0. The molecule has 0 atom stereocenters. The maximum atomic E-state index is 12.5. The Bertz CT molecular complexity index is 792. The van der Waals surface area contributed by atoms with Gasteiger partial charge in [-0.05, 0) is 37.0 Å². The van der Waals surface area contributed by atoms with Gasteiger partial charge in [0.2, 0.25) is 0 Å². The summed E-state index contributed by atoms with van der Waals surface area (Å²) >= 11 is 5.90. The molecule has 1 aromatic carbocycles. The van der Waals surface area contributed by atoms with Gasteiger partial charge in [-0.3, -0.25) is 19.3 Å². The van der Waals surface area contributed by atoms with Gasteiger partial charge in [0.15, 0.2) is 6.61 Å². The van der Waals surface area contributed by atoms with E-state index in [0.29, 0.717) is 30.8 Å². The van der Waals surface area contributed by atoms with Crippen LogP contribution in [0.5, 0.6) is 0 Å². The van der Waals surface area contributed by atoms with E-state index in [0.717, 1.165) is 23.3 Å². The van der Waals surface area contributed by atoms with E-state index in [2.05, 4.69) is 10.6 Å². The molecule has 0 unspecified atom stereocenters. The largest absolute Gasteiger partial charge is 0.454 e. The van der Waals surface area contributed by atoms with Crippen molar-refractivity contribution in [3.05, 3.63) is 34.9 Å². The number of carbonyl (C=O) groups is 4. The van der Waals surface area contributed by atoms with Gasteiger partial charge in [0.25, 0.3) is 11.8 Å². The summed E-state index contributed by atoms with van der Waals surface area (Å²) in [5.74, 6) is -1.65. The molecule has 9 heteroatoms. The van der Waals surface area contributed by atoms with Crippen molar-refractivity contribution in [2.45, 2.75) is 37.6 Å². The van der Waals surface area contributed by atoms with Crippen LogP contribution in [0.3, 0.4) is 0 Å². The molecule has 1 aliphatic carbocycles. The number of imide groups is 1. The normalized spacial score (nSPS) is 17.7. The second-order valence-electron chi connectivity index (χ2n) is 7.00. The Hall–Kier alpha value is -2.61. The number of nitrogens with zero attached hydrogens (tertiary/aromatic N) is 1. The van der Waals surface area contributed by atoms with Gasteiger partial charge >= 0.3 is 12.0 Å². The Labute approximate surface area is 167 Å². The van der Waals surface area contributed by atoms with E-state index in [1.54, 1.807) is 6.07 Å². The molecule has 0 radical (unpaired) electrons. The van der Waals surface area contributed by atoms with Crippen LogP contribution in [-0.2, 0) is 25.5 Å². The minimum absolute atomic E-state index is 0.367. The SMILES string of the molecule is O=C(COC(=O)CN1C(=O)NC2(CCCC2)C1=O)NCCc1cccc(Cl)c1. The predicted molar refractivity (Wildman–Crippen MR) is 101 cm³/mol. The van der Waals surface area contributed by atoms with Crippen LogP contribution in [0.2, 0.25) is 5.02 Å². The van der Waals surface area contributed by atoms with Gasteiger partial charge in [0, 0.05) is 11.6 Å². The number of urea groups is 1. The van der Waals surface area contributed by atoms with E-state index >= 15 is 0 Å². The lowest BCUT2D eigenvalue weighted by Crippen LogP contribution is -2.44. The Kier molecular flexibility index (Phi) is 6.18. The quantitative estimate of drug-likeness (QED) is 0.525. The third-order valence-electron chi connectivity index (χ3n) is 4.98. The summed E-state index contributed by atoms with van der Waals surface area (Å²) in [4.78, 5) is 49.1. The minimum Gasteiger partial charge on any atom is -0.454 e. The van der Waals surface area contributed by atoms with Gasteiger partial charge in [0.05, 0.1) is 0 Å². The molecule has 1 aliphatic heterocycles. The van der Waals surface area contributed by atoms with E-state index < -0.39 is 42.5 Å². The Morgan fingerprint density at radius 3 is 2.71 bits per heavy atom. The first-order chi connectivity index (χ1) is 13.4. The fourth-order valence-electron chi connectivity index (χ4n) is 3.55. The van der Waals surface area contributed by atoms with Gasteiger partial charge in [-0.2, -0.15) is 0 Å². The molecule has 0 aromatic heterocycles. The summed E-state index contributed by atoms with van der Waals surface area (Å²) in [6, 6.07) is 6.71. The fourth-order valence-corrected chi connectivity index (χ4v) is 3.76. The predicted octanol–water partition coefficient (Wildman–Crippen LogP) is 1.41. The number of benzene rings is 1. The number of hydrogen-bond donors (Lipinski definition) is 2. The second kappa shape index (κ2) is 8.60. The molecule has 150 valence electrons. The third-order valence-corrected chi connectivity index (χ3v) is 5.21. The van der Waals surface area contributed by atoms with Gasteiger partial charge in [0.1, 0.15) is 12.1 Å². The fraction of sp³-hybridized carbons (Fsp3) is 0.474. The lowest BCUT2D eigenvalue weighted by Gasteiger charge is -2.19. The Morgan fingerprint density at radius 1 is 1.25 bits per heavy atom. The molecule has 8 nitrogen and oxygen atoms in total. The number of halogens is 1. The molecule has 1 aromatic rings. The molecular formula is C19H22ClN3O5. The van der Waals surface area contributed by atoms with Crippen molar-refractivity contribution < 1.29 is 23.9 Å². The molecule has 4 amide bonds. The first kappa shape index (κ1) is 20.1. The highest BCUT2D eigenvalue weighted by molar-refractivity contribution is 6.30. The van der Waals surface area contributed by atoms with Crippen LogP contribution in [0.15, 0.2) is 24.3 Å². The van der Waals surface area contributed by atoms with Crippen molar-refractivity contribution in [2.24, 2.45) is 0 Å². The van der Waals surface area contributed by atoms with E-state index in [1.807, 2.05) is 18.2 Å². The molecule has 2 fully saturated rings. The van der Waals surface area contributed by atoms with Crippen molar-refractivity contribution >= 4 is 35.4 Å². The molecule has 1 saturated heterocycles. The minimum atomic E-state index is -0.866. The summed E-state index contributed by atoms with van der Waals surface area (Å²) in [6.45, 7) is -0.600. The highest BCUT2D eigenvalue weighted by atomic mass is 35.5. The molecule has 3 rings (SSSR count). The summed E-state index contributed by atoms with van der Waals surface area (Å²) in [5, 5.41) is 5.95. The number of rotatable bonds is 7. The van der Waals surface area contributed by atoms with E-state index in [1.165, 1.54) is 0 Å². The summed E-state index contributed by atoms with van der Waals surface area (Å²) in [6.07, 6.45) is 3.47. The van der Waals surface area contributed by atoms with Crippen LogP contribution >= 0.6 is 11.6 Å². The number of ether oxygens (including phenoxy) is 1. The molecular weight excluding hydrogens is 386 g/mol. The standard InChI is InChI=1S/C19H22ClN3O5/c20-14-5-3-4-13(10-14)6-9-21-15(24)12-28-16(25)11-23-17(26)19(22-18(23)27)7-1-2-8-19/h3-5,10H,1-2,6-9,11-12H2,(H,21,24)(H,22,27). The average molecular weight is 408 g/mol. The Morgan fingerprint density at radius 2 is 2.00 bits per heavy atom. The summed E-state index contributed by atoms with van der Waals surface area (Å²) in [5.41, 5.74) is 0.110. The van der Waals surface area contributed by atoms with Crippen molar-refractivity contribution in [3.8, 4) is 0 Å². The zero-order valence-electron chi connectivity index (χ0n) is 15.3. The van der Waals surface area contributed by atoms with Gasteiger partial charge in [-0.25, -0.2) is 4.79 Å². The van der Waals surface area contributed by atoms with Crippen LogP contribution in [0.1, 0.15) is 31.2 Å². The lowest BCUT2D eigenvalue weighted by molar-refractivity contribution is -0.151. The molecule has 2 N–H and O–H groups in total. The van der Waals surface area contributed by atoms with E-state index in [9.17, 15) is 19.2 Å². The zero-order chi connectivity index (χ0) is 20.1.